The summed E-state index contributed by atoms with van der Waals surface area (Å²) < 4.78 is 20.6. The quantitative estimate of drug-likeness (QED) is 0.296. The summed E-state index contributed by atoms with van der Waals surface area (Å²) in [5.74, 6) is -0.528. The Morgan fingerprint density at radius 3 is 2.38 bits per heavy atom. The first kappa shape index (κ1) is 25.9. The Kier molecular flexibility index (Phi) is 8.87. The minimum Gasteiger partial charge on any atom is -0.483 e. The fourth-order valence-electron chi connectivity index (χ4n) is 4.27. The second-order valence-corrected chi connectivity index (χ2v) is 8.88. The maximum absolute atomic E-state index is 14.7. The summed E-state index contributed by atoms with van der Waals surface area (Å²) in [6, 6.07) is 28.4. The molecule has 0 fully saturated rings. The van der Waals surface area contributed by atoms with E-state index in [0.717, 1.165) is 22.8 Å². The second-order valence-electron chi connectivity index (χ2n) is 8.88. The van der Waals surface area contributed by atoms with Crippen LogP contribution in [0.25, 0.3) is 10.8 Å². The summed E-state index contributed by atoms with van der Waals surface area (Å²) in [4.78, 5) is 28.4. The van der Waals surface area contributed by atoms with Crippen LogP contribution in [0.15, 0.2) is 97.1 Å². The Balaban J connectivity index is 1.64. The molecule has 0 aromatic heterocycles. The highest BCUT2D eigenvalue weighted by Gasteiger charge is 2.31. The number of nitrogens with one attached hydrogen (secondary N) is 1. The maximum atomic E-state index is 14.7. The average Bonchev–Trinajstić information content (AvgIpc) is 2.93. The predicted octanol–water partition coefficient (Wildman–Crippen LogP) is 5.52. The highest BCUT2D eigenvalue weighted by molar-refractivity contribution is 5.90. The largest absolute Gasteiger partial charge is 0.483 e. The van der Waals surface area contributed by atoms with E-state index >= 15 is 0 Å². The fourth-order valence-corrected chi connectivity index (χ4v) is 4.27. The minimum absolute atomic E-state index is 0.0541. The van der Waals surface area contributed by atoms with E-state index in [9.17, 15) is 14.0 Å². The zero-order chi connectivity index (χ0) is 26.0. The molecule has 4 aromatic carbocycles. The summed E-state index contributed by atoms with van der Waals surface area (Å²) in [5, 5.41) is 4.80. The van der Waals surface area contributed by atoms with E-state index in [1.807, 2.05) is 79.7 Å². The molecule has 0 spiro atoms. The van der Waals surface area contributed by atoms with Crippen molar-refractivity contribution in [3.05, 3.63) is 114 Å². The molecule has 6 heteroatoms. The molecule has 37 heavy (non-hydrogen) atoms. The monoisotopic (exact) mass is 498 g/mol. The van der Waals surface area contributed by atoms with Crippen LogP contribution in [0.3, 0.4) is 0 Å². The first-order valence-corrected chi connectivity index (χ1v) is 12.5. The molecule has 1 N–H and O–H groups in total. The van der Waals surface area contributed by atoms with Gasteiger partial charge in [-0.05, 0) is 29.5 Å². The van der Waals surface area contributed by atoms with Crippen molar-refractivity contribution in [2.24, 2.45) is 0 Å². The number of amides is 2. The van der Waals surface area contributed by atoms with Crippen LogP contribution < -0.4 is 10.1 Å². The van der Waals surface area contributed by atoms with E-state index < -0.39 is 17.8 Å². The van der Waals surface area contributed by atoms with Gasteiger partial charge in [0, 0.05) is 30.5 Å². The van der Waals surface area contributed by atoms with E-state index in [-0.39, 0.29) is 19.1 Å². The summed E-state index contributed by atoms with van der Waals surface area (Å²) in [6.07, 6.45) is 1.06. The molecule has 0 aliphatic carbocycles. The number of ether oxygens (including phenoxy) is 1. The molecule has 0 aliphatic rings. The first-order valence-electron chi connectivity index (χ1n) is 12.5. The zero-order valence-electron chi connectivity index (χ0n) is 20.9. The Hall–Kier alpha value is -4.19. The molecule has 0 saturated carbocycles. The van der Waals surface area contributed by atoms with Crippen molar-refractivity contribution in [2.75, 3.05) is 13.2 Å². The van der Waals surface area contributed by atoms with Crippen LogP contribution in [0.4, 0.5) is 4.39 Å². The number of carbonyl (C=O) groups excluding carboxylic acids is 2. The van der Waals surface area contributed by atoms with Crippen LogP contribution in [0.5, 0.6) is 5.75 Å². The molecule has 2 amide bonds. The molecule has 4 aromatic rings. The van der Waals surface area contributed by atoms with Crippen molar-refractivity contribution in [1.29, 1.82) is 0 Å². The summed E-state index contributed by atoms with van der Waals surface area (Å²) >= 11 is 0. The van der Waals surface area contributed by atoms with Gasteiger partial charge in [0.1, 0.15) is 17.6 Å². The highest BCUT2D eigenvalue weighted by atomic mass is 19.1. The number of fused-ring (bicyclic) bond motifs is 1. The molecule has 0 unspecified atom stereocenters. The van der Waals surface area contributed by atoms with Crippen molar-refractivity contribution in [2.45, 2.75) is 32.4 Å². The molecule has 5 nitrogen and oxygen atoms in total. The van der Waals surface area contributed by atoms with E-state index in [2.05, 4.69) is 5.32 Å². The molecule has 0 bridgehead atoms. The number of halogens is 1. The van der Waals surface area contributed by atoms with Crippen molar-refractivity contribution >= 4 is 22.6 Å². The fraction of sp³-hybridized carbons (Fsp3) is 0.226. The second kappa shape index (κ2) is 12.7. The lowest BCUT2D eigenvalue weighted by atomic mass is 10.0. The third-order valence-corrected chi connectivity index (χ3v) is 6.22. The van der Waals surface area contributed by atoms with Crippen molar-refractivity contribution in [1.82, 2.24) is 10.2 Å². The molecule has 4 rings (SSSR count). The van der Waals surface area contributed by atoms with Gasteiger partial charge in [-0.2, -0.15) is 0 Å². The number of rotatable bonds is 11. The number of carbonyl (C=O) groups is 2. The van der Waals surface area contributed by atoms with E-state index in [1.165, 1.54) is 11.0 Å². The van der Waals surface area contributed by atoms with E-state index in [0.29, 0.717) is 24.3 Å². The topological polar surface area (TPSA) is 58.6 Å². The molecule has 0 heterocycles. The highest BCUT2D eigenvalue weighted by Crippen LogP contribution is 2.25. The summed E-state index contributed by atoms with van der Waals surface area (Å²) in [5.41, 5.74) is 1.24. The van der Waals surface area contributed by atoms with Gasteiger partial charge in [0.25, 0.3) is 5.91 Å². The molecular weight excluding hydrogens is 467 g/mol. The van der Waals surface area contributed by atoms with Gasteiger partial charge in [-0.15, -0.1) is 0 Å². The zero-order valence-corrected chi connectivity index (χ0v) is 20.9. The van der Waals surface area contributed by atoms with Gasteiger partial charge in [-0.1, -0.05) is 91.9 Å². The number of nitrogens with zero attached hydrogens (tertiary/aromatic N) is 1. The minimum atomic E-state index is -0.836. The predicted molar refractivity (Wildman–Crippen MR) is 144 cm³/mol. The molecule has 0 radical (unpaired) electrons. The summed E-state index contributed by atoms with van der Waals surface area (Å²) in [6.45, 7) is 2.11. The lowest BCUT2D eigenvalue weighted by Gasteiger charge is -2.31. The van der Waals surface area contributed by atoms with Crippen molar-refractivity contribution in [3.8, 4) is 5.75 Å². The number of benzene rings is 4. The van der Waals surface area contributed by atoms with Crippen LogP contribution in [0, 0.1) is 5.82 Å². The lowest BCUT2D eigenvalue weighted by Crippen LogP contribution is -2.52. The Morgan fingerprint density at radius 2 is 1.59 bits per heavy atom. The van der Waals surface area contributed by atoms with Crippen LogP contribution in [0.2, 0.25) is 0 Å². The van der Waals surface area contributed by atoms with Gasteiger partial charge in [0.2, 0.25) is 5.91 Å². The van der Waals surface area contributed by atoms with E-state index in [1.54, 1.807) is 18.2 Å². The Bertz CT molecular complexity index is 1340. The molecule has 0 saturated heterocycles. The standard InChI is InChI=1S/C31H31FN2O3/c1-2-19-33-31(36)28(20-23-11-4-3-5-12-23)34(21-25-14-7-9-17-27(25)32)30(35)22-37-29-18-10-15-24-13-6-8-16-26(24)29/h3-18,28H,2,19-22H2,1H3,(H,33,36)/t28-/m1/s1. The Labute approximate surface area is 216 Å². The van der Waals surface area contributed by atoms with Crippen LogP contribution >= 0.6 is 0 Å². The first-order chi connectivity index (χ1) is 18.1. The third kappa shape index (κ3) is 6.73. The summed E-state index contributed by atoms with van der Waals surface area (Å²) in [7, 11) is 0. The van der Waals surface area contributed by atoms with Crippen molar-refractivity contribution in [3.63, 3.8) is 0 Å². The number of hydrogen-bond acceptors (Lipinski definition) is 3. The van der Waals surface area contributed by atoms with E-state index in [4.69, 9.17) is 4.74 Å². The van der Waals surface area contributed by atoms with Gasteiger partial charge < -0.3 is 15.0 Å². The van der Waals surface area contributed by atoms with Crippen LogP contribution in [-0.4, -0.2) is 35.9 Å². The normalized spacial score (nSPS) is 11.6. The molecule has 190 valence electrons. The molecule has 0 aliphatic heterocycles. The van der Waals surface area contributed by atoms with Crippen LogP contribution in [-0.2, 0) is 22.6 Å². The maximum Gasteiger partial charge on any atom is 0.261 e. The Morgan fingerprint density at radius 1 is 0.892 bits per heavy atom. The van der Waals surface area contributed by atoms with Crippen molar-refractivity contribution < 1.29 is 18.7 Å². The van der Waals surface area contributed by atoms with Gasteiger partial charge in [-0.25, -0.2) is 4.39 Å². The average molecular weight is 499 g/mol. The van der Waals surface area contributed by atoms with Crippen LogP contribution in [0.1, 0.15) is 24.5 Å². The lowest BCUT2D eigenvalue weighted by molar-refractivity contribution is -0.142. The van der Waals surface area contributed by atoms with Gasteiger partial charge in [-0.3, -0.25) is 9.59 Å². The smallest absolute Gasteiger partial charge is 0.261 e. The van der Waals surface area contributed by atoms with Gasteiger partial charge in [0.15, 0.2) is 6.61 Å². The van der Waals surface area contributed by atoms with Gasteiger partial charge in [0.05, 0.1) is 0 Å². The number of hydrogen-bond donors (Lipinski definition) is 1. The molecule has 1 atom stereocenters. The third-order valence-electron chi connectivity index (χ3n) is 6.22. The van der Waals surface area contributed by atoms with Gasteiger partial charge >= 0.3 is 0 Å². The SMILES string of the molecule is CCCNC(=O)[C@@H](Cc1ccccc1)N(Cc1ccccc1F)C(=O)COc1cccc2ccccc12. The molecular formula is C31H31FN2O3.